The number of halogens is 3. The van der Waals surface area contributed by atoms with Gasteiger partial charge >= 0.3 is 5.97 Å². The molecule has 0 aliphatic heterocycles. The fourth-order valence-corrected chi connectivity index (χ4v) is 2.42. The van der Waals surface area contributed by atoms with E-state index in [1.54, 1.807) is 12.3 Å². The molecule has 0 saturated carbocycles. The molecule has 0 atom stereocenters. The zero-order chi connectivity index (χ0) is 12.6. The number of benzene rings is 1. The van der Waals surface area contributed by atoms with E-state index >= 15 is 0 Å². The molecule has 1 aromatic heterocycles. The highest BCUT2D eigenvalue weighted by Crippen LogP contribution is 2.37. The van der Waals surface area contributed by atoms with Crippen LogP contribution in [0.5, 0.6) is 0 Å². The third kappa shape index (κ3) is 2.23. The highest BCUT2D eigenvalue weighted by atomic mass is 35.5. The van der Waals surface area contributed by atoms with Gasteiger partial charge in [0.25, 0.3) is 0 Å². The average molecular weight is 293 g/mol. The van der Waals surface area contributed by atoms with Crippen LogP contribution in [0.25, 0.3) is 10.9 Å². The van der Waals surface area contributed by atoms with Gasteiger partial charge in [-0.3, -0.25) is 4.79 Å². The third-order valence-electron chi connectivity index (χ3n) is 2.45. The van der Waals surface area contributed by atoms with Gasteiger partial charge in [0.2, 0.25) is 0 Å². The second kappa shape index (κ2) is 4.77. The third-order valence-corrected chi connectivity index (χ3v) is 3.53. The van der Waals surface area contributed by atoms with Crippen LogP contribution in [0, 0.1) is 0 Å². The van der Waals surface area contributed by atoms with Gasteiger partial charge in [-0.1, -0.05) is 34.8 Å². The van der Waals surface area contributed by atoms with Crippen LogP contribution in [0.1, 0.15) is 5.56 Å². The second-order valence-corrected chi connectivity index (χ2v) is 4.66. The second-order valence-electron chi connectivity index (χ2n) is 3.47. The first-order valence-electron chi connectivity index (χ1n) is 4.75. The monoisotopic (exact) mass is 291 g/mol. The van der Waals surface area contributed by atoms with E-state index in [4.69, 9.17) is 34.8 Å². The number of rotatable bonds is 2. The minimum Gasteiger partial charge on any atom is -0.469 e. The summed E-state index contributed by atoms with van der Waals surface area (Å²) in [4.78, 5) is 14.2. The Labute approximate surface area is 113 Å². The van der Waals surface area contributed by atoms with Crippen LogP contribution >= 0.6 is 34.8 Å². The largest absolute Gasteiger partial charge is 0.469 e. The lowest BCUT2D eigenvalue weighted by Crippen LogP contribution is -2.03. The number of esters is 1. The molecule has 1 N–H and O–H groups in total. The number of fused-ring (bicyclic) bond motifs is 1. The molecule has 0 fully saturated rings. The Morgan fingerprint density at radius 1 is 1.35 bits per heavy atom. The van der Waals surface area contributed by atoms with Crippen molar-refractivity contribution in [3.05, 3.63) is 32.9 Å². The van der Waals surface area contributed by atoms with E-state index in [9.17, 15) is 4.79 Å². The number of nitrogens with one attached hydrogen (secondary N) is 1. The Hall–Kier alpha value is -0.900. The summed E-state index contributed by atoms with van der Waals surface area (Å²) >= 11 is 18.1. The summed E-state index contributed by atoms with van der Waals surface area (Å²) in [5, 5.41) is 1.86. The minimum absolute atomic E-state index is 0.118. The van der Waals surface area contributed by atoms with Gasteiger partial charge in [0.1, 0.15) is 0 Å². The van der Waals surface area contributed by atoms with Crippen molar-refractivity contribution in [1.29, 1.82) is 0 Å². The van der Waals surface area contributed by atoms with Crippen LogP contribution in [0.15, 0.2) is 12.3 Å². The van der Waals surface area contributed by atoms with Gasteiger partial charge in [0.05, 0.1) is 34.1 Å². The Kier molecular flexibility index (Phi) is 3.52. The van der Waals surface area contributed by atoms with Crippen molar-refractivity contribution in [3.63, 3.8) is 0 Å². The van der Waals surface area contributed by atoms with Crippen molar-refractivity contribution >= 4 is 51.7 Å². The van der Waals surface area contributed by atoms with Crippen molar-refractivity contribution in [2.24, 2.45) is 0 Å². The van der Waals surface area contributed by atoms with Gasteiger partial charge < -0.3 is 9.72 Å². The zero-order valence-corrected chi connectivity index (χ0v) is 11.1. The molecular formula is C11H8Cl3NO2. The first-order chi connectivity index (χ1) is 8.04. The Bertz CT molecular complexity index is 592. The number of carbonyl (C=O) groups excluding carboxylic acids is 1. The highest BCUT2D eigenvalue weighted by Gasteiger charge is 2.16. The number of hydrogen-bond donors (Lipinski definition) is 1. The summed E-state index contributed by atoms with van der Waals surface area (Å²) in [5.74, 6) is -0.349. The number of ether oxygens (including phenoxy) is 1. The molecule has 3 nitrogen and oxygen atoms in total. The molecule has 0 saturated heterocycles. The van der Waals surface area contributed by atoms with Crippen LogP contribution in [0.3, 0.4) is 0 Å². The van der Waals surface area contributed by atoms with Gasteiger partial charge in [-0.25, -0.2) is 0 Å². The molecule has 2 rings (SSSR count). The number of H-pyrrole nitrogens is 1. The molecule has 90 valence electrons. The lowest BCUT2D eigenvalue weighted by Gasteiger charge is -2.03. The summed E-state index contributed by atoms with van der Waals surface area (Å²) in [6, 6.07) is 1.56. The Morgan fingerprint density at radius 3 is 2.71 bits per heavy atom. The number of methoxy groups -OCH3 is 1. The van der Waals surface area contributed by atoms with Crippen molar-refractivity contribution in [1.82, 2.24) is 4.98 Å². The molecule has 0 bridgehead atoms. The van der Waals surface area contributed by atoms with E-state index in [1.165, 1.54) is 7.11 Å². The number of carbonyl (C=O) groups is 1. The molecule has 2 aromatic rings. The fraction of sp³-hybridized carbons (Fsp3) is 0.182. The van der Waals surface area contributed by atoms with E-state index in [2.05, 4.69) is 9.72 Å². The predicted octanol–water partition coefficient (Wildman–Crippen LogP) is 3.84. The van der Waals surface area contributed by atoms with Gasteiger partial charge in [-0.05, 0) is 11.6 Å². The lowest BCUT2D eigenvalue weighted by molar-refractivity contribution is -0.139. The lowest BCUT2D eigenvalue weighted by atomic mass is 10.1. The van der Waals surface area contributed by atoms with Crippen molar-refractivity contribution in [2.75, 3.05) is 7.11 Å². The summed E-state index contributed by atoms with van der Waals surface area (Å²) in [6.07, 6.45) is 1.79. The maximum atomic E-state index is 11.3. The zero-order valence-electron chi connectivity index (χ0n) is 8.81. The molecule has 0 aliphatic rings. The minimum atomic E-state index is -0.349. The van der Waals surface area contributed by atoms with Gasteiger partial charge in [-0.15, -0.1) is 0 Å². The molecule has 1 aromatic carbocycles. The number of hydrogen-bond acceptors (Lipinski definition) is 2. The van der Waals surface area contributed by atoms with E-state index in [0.29, 0.717) is 31.5 Å². The summed E-state index contributed by atoms with van der Waals surface area (Å²) in [6.45, 7) is 0. The molecule has 0 unspecified atom stereocenters. The molecule has 0 spiro atoms. The van der Waals surface area contributed by atoms with E-state index in [1.807, 2.05) is 0 Å². The van der Waals surface area contributed by atoms with Crippen molar-refractivity contribution < 1.29 is 9.53 Å². The quantitative estimate of drug-likeness (QED) is 0.675. The van der Waals surface area contributed by atoms with Crippen molar-refractivity contribution in [3.8, 4) is 0 Å². The van der Waals surface area contributed by atoms with Gasteiger partial charge in [-0.2, -0.15) is 0 Å². The predicted molar refractivity (Wildman–Crippen MR) is 69.0 cm³/mol. The molecule has 6 heteroatoms. The van der Waals surface area contributed by atoms with Gasteiger partial charge in [0.15, 0.2) is 0 Å². The van der Waals surface area contributed by atoms with E-state index in [-0.39, 0.29) is 12.4 Å². The molecule has 0 amide bonds. The Morgan fingerprint density at radius 2 is 2.06 bits per heavy atom. The molecule has 1 heterocycles. The maximum absolute atomic E-state index is 11.3. The van der Waals surface area contributed by atoms with E-state index < -0.39 is 0 Å². The van der Waals surface area contributed by atoms with Crippen LogP contribution < -0.4 is 0 Å². The topological polar surface area (TPSA) is 42.1 Å². The molecule has 0 aliphatic carbocycles. The van der Waals surface area contributed by atoms with E-state index in [0.717, 1.165) is 0 Å². The smallest absolute Gasteiger partial charge is 0.310 e. The molecule has 17 heavy (non-hydrogen) atoms. The standard InChI is InChI=1S/C11H8Cl3NO2/c1-17-8(16)2-5-4-15-11-7(13)3-6(12)10(14)9(5)11/h3-4,15H,2H2,1H3. The Balaban J connectivity index is 2.62. The SMILES string of the molecule is COC(=O)Cc1c[nH]c2c(Cl)cc(Cl)c(Cl)c12. The fourth-order valence-electron chi connectivity index (χ4n) is 1.64. The molecular weight excluding hydrogens is 284 g/mol. The van der Waals surface area contributed by atoms with Crippen LogP contribution in [0.4, 0.5) is 0 Å². The summed E-state index contributed by atoms with van der Waals surface area (Å²) in [7, 11) is 1.33. The molecule has 0 radical (unpaired) electrons. The number of aromatic amines is 1. The van der Waals surface area contributed by atoms with Crippen molar-refractivity contribution in [2.45, 2.75) is 6.42 Å². The summed E-state index contributed by atoms with van der Waals surface area (Å²) < 4.78 is 4.61. The van der Waals surface area contributed by atoms with Crippen LogP contribution in [-0.2, 0) is 16.0 Å². The first kappa shape index (κ1) is 12.6. The summed E-state index contributed by atoms with van der Waals surface area (Å²) in [5.41, 5.74) is 1.38. The highest BCUT2D eigenvalue weighted by molar-refractivity contribution is 6.47. The van der Waals surface area contributed by atoms with Crippen LogP contribution in [-0.4, -0.2) is 18.1 Å². The van der Waals surface area contributed by atoms with Gasteiger partial charge in [0, 0.05) is 11.6 Å². The maximum Gasteiger partial charge on any atom is 0.310 e. The number of aromatic nitrogens is 1. The average Bonchev–Trinajstić information content (AvgIpc) is 2.70. The normalized spacial score (nSPS) is 10.8. The van der Waals surface area contributed by atoms with Crippen LogP contribution in [0.2, 0.25) is 15.1 Å². The first-order valence-corrected chi connectivity index (χ1v) is 5.88.